The Labute approximate surface area is 108 Å². The smallest absolute Gasteiger partial charge is 0.272 e. The minimum atomic E-state index is -0.0608. The summed E-state index contributed by atoms with van der Waals surface area (Å²) in [5.41, 5.74) is 0.459. The zero-order valence-corrected chi connectivity index (χ0v) is 11.3. The van der Waals surface area contributed by atoms with Crippen LogP contribution < -0.4 is 5.32 Å². The van der Waals surface area contributed by atoms with Crippen molar-refractivity contribution in [1.82, 2.24) is 9.88 Å². The van der Waals surface area contributed by atoms with Gasteiger partial charge in [0.05, 0.1) is 6.61 Å². The Balaban J connectivity index is 2.69. The van der Waals surface area contributed by atoms with Crippen LogP contribution in [-0.4, -0.2) is 49.1 Å². The van der Waals surface area contributed by atoms with Crippen LogP contribution in [0.3, 0.4) is 0 Å². The van der Waals surface area contributed by atoms with Gasteiger partial charge in [-0.3, -0.25) is 4.79 Å². The lowest BCUT2D eigenvalue weighted by atomic mass is 10.3. The summed E-state index contributed by atoms with van der Waals surface area (Å²) in [7, 11) is 1.78. The van der Waals surface area contributed by atoms with Crippen molar-refractivity contribution in [3.8, 4) is 0 Å². The van der Waals surface area contributed by atoms with Crippen LogP contribution in [0.5, 0.6) is 0 Å². The van der Waals surface area contributed by atoms with Gasteiger partial charge >= 0.3 is 0 Å². The minimum Gasteiger partial charge on any atom is -0.380 e. The molecule has 0 aliphatic carbocycles. The van der Waals surface area contributed by atoms with E-state index in [-0.39, 0.29) is 5.91 Å². The molecule has 1 rings (SSSR count). The molecule has 1 amide bonds. The summed E-state index contributed by atoms with van der Waals surface area (Å²) in [6.07, 6.45) is 0. The minimum absolute atomic E-state index is 0.0608. The quantitative estimate of drug-likeness (QED) is 0.748. The largest absolute Gasteiger partial charge is 0.380 e. The van der Waals surface area contributed by atoms with E-state index in [2.05, 4.69) is 10.3 Å². The summed E-state index contributed by atoms with van der Waals surface area (Å²) in [6, 6.07) is 5.38. The first-order chi connectivity index (χ1) is 8.72. The number of amides is 1. The van der Waals surface area contributed by atoms with Crippen LogP contribution in [-0.2, 0) is 4.74 Å². The van der Waals surface area contributed by atoms with Crippen molar-refractivity contribution in [2.45, 2.75) is 13.8 Å². The summed E-state index contributed by atoms with van der Waals surface area (Å²) in [6.45, 7) is 6.36. The van der Waals surface area contributed by atoms with Crippen molar-refractivity contribution in [2.75, 3.05) is 38.7 Å². The number of aromatic nitrogens is 1. The third-order valence-corrected chi connectivity index (χ3v) is 2.60. The highest BCUT2D eigenvalue weighted by molar-refractivity contribution is 5.92. The second-order valence-electron chi connectivity index (χ2n) is 3.74. The molecule has 1 heterocycles. The molecule has 0 bridgehead atoms. The van der Waals surface area contributed by atoms with Gasteiger partial charge in [0.2, 0.25) is 0 Å². The monoisotopic (exact) mass is 251 g/mol. The fourth-order valence-electron chi connectivity index (χ4n) is 1.58. The molecule has 0 fully saturated rings. The van der Waals surface area contributed by atoms with Gasteiger partial charge in [0.25, 0.3) is 5.91 Å². The normalized spacial score (nSPS) is 10.2. The van der Waals surface area contributed by atoms with Crippen molar-refractivity contribution in [2.24, 2.45) is 0 Å². The van der Waals surface area contributed by atoms with Gasteiger partial charge in [-0.05, 0) is 26.0 Å². The van der Waals surface area contributed by atoms with Crippen LogP contribution >= 0.6 is 0 Å². The summed E-state index contributed by atoms with van der Waals surface area (Å²) in [5, 5.41) is 2.92. The molecule has 0 radical (unpaired) electrons. The molecule has 0 aromatic carbocycles. The maximum absolute atomic E-state index is 12.2. The van der Waals surface area contributed by atoms with E-state index in [1.165, 1.54) is 0 Å². The van der Waals surface area contributed by atoms with Crippen molar-refractivity contribution in [3.63, 3.8) is 0 Å². The lowest BCUT2D eigenvalue weighted by Crippen LogP contribution is -2.34. The number of rotatable bonds is 7. The maximum atomic E-state index is 12.2. The molecule has 100 valence electrons. The molecule has 0 atom stereocenters. The number of pyridine rings is 1. The van der Waals surface area contributed by atoms with Crippen molar-refractivity contribution >= 4 is 11.7 Å². The van der Waals surface area contributed by atoms with Gasteiger partial charge in [0.1, 0.15) is 11.5 Å². The molecule has 0 spiro atoms. The van der Waals surface area contributed by atoms with Crippen molar-refractivity contribution in [3.05, 3.63) is 23.9 Å². The number of carbonyl (C=O) groups is 1. The molecule has 0 saturated carbocycles. The fourth-order valence-corrected chi connectivity index (χ4v) is 1.58. The first-order valence-corrected chi connectivity index (χ1v) is 6.24. The molecule has 1 N–H and O–H groups in total. The Kier molecular flexibility index (Phi) is 6.14. The van der Waals surface area contributed by atoms with Gasteiger partial charge in [0, 0.05) is 26.7 Å². The van der Waals surface area contributed by atoms with Crippen LogP contribution in [0.1, 0.15) is 24.3 Å². The molecular formula is C13H21N3O2. The Hall–Kier alpha value is -1.62. The summed E-state index contributed by atoms with van der Waals surface area (Å²) < 4.78 is 5.27. The molecule has 5 heteroatoms. The Morgan fingerprint density at radius 3 is 2.83 bits per heavy atom. The van der Waals surface area contributed by atoms with Crippen LogP contribution in [0.25, 0.3) is 0 Å². The first kappa shape index (κ1) is 14.4. The van der Waals surface area contributed by atoms with E-state index in [4.69, 9.17) is 4.74 Å². The SMILES string of the molecule is CCOCCN(CC)C(=O)c1cccc(NC)n1. The third-order valence-electron chi connectivity index (χ3n) is 2.60. The van der Waals surface area contributed by atoms with Crippen LogP contribution in [0, 0.1) is 0 Å². The van der Waals surface area contributed by atoms with Gasteiger partial charge in [-0.25, -0.2) is 4.98 Å². The predicted octanol–water partition coefficient (Wildman–Crippen LogP) is 1.62. The molecule has 0 unspecified atom stereocenters. The molecule has 1 aromatic rings. The Morgan fingerprint density at radius 1 is 1.44 bits per heavy atom. The molecule has 0 aliphatic heterocycles. The number of hydrogen-bond acceptors (Lipinski definition) is 4. The topological polar surface area (TPSA) is 54.5 Å². The molecule has 0 aliphatic rings. The number of likely N-dealkylation sites (N-methyl/N-ethyl adjacent to an activating group) is 1. The van der Waals surface area contributed by atoms with E-state index in [1.54, 1.807) is 18.0 Å². The van der Waals surface area contributed by atoms with Gasteiger partial charge in [0.15, 0.2) is 0 Å². The average molecular weight is 251 g/mol. The predicted molar refractivity (Wildman–Crippen MR) is 71.9 cm³/mol. The number of anilines is 1. The molecule has 0 saturated heterocycles. The second-order valence-corrected chi connectivity index (χ2v) is 3.74. The number of nitrogens with zero attached hydrogens (tertiary/aromatic N) is 2. The molecule has 18 heavy (non-hydrogen) atoms. The fraction of sp³-hybridized carbons (Fsp3) is 0.538. The third kappa shape index (κ3) is 4.00. The Bertz CT molecular complexity index is 382. The van der Waals surface area contributed by atoms with Crippen LogP contribution in [0.2, 0.25) is 0 Å². The number of nitrogens with one attached hydrogen (secondary N) is 1. The Morgan fingerprint density at radius 2 is 2.22 bits per heavy atom. The van der Waals surface area contributed by atoms with Gasteiger partial charge in [-0.2, -0.15) is 0 Å². The van der Waals surface area contributed by atoms with Gasteiger partial charge < -0.3 is 15.0 Å². The van der Waals surface area contributed by atoms with E-state index in [0.717, 1.165) is 0 Å². The molecule has 1 aromatic heterocycles. The maximum Gasteiger partial charge on any atom is 0.272 e. The molecule has 5 nitrogen and oxygen atoms in total. The summed E-state index contributed by atoms with van der Waals surface area (Å²) in [5.74, 6) is 0.635. The van der Waals surface area contributed by atoms with Crippen LogP contribution in [0.15, 0.2) is 18.2 Å². The standard InChI is InChI=1S/C13H21N3O2/c1-4-16(9-10-18-5-2)13(17)11-7-6-8-12(14-3)15-11/h6-8H,4-5,9-10H2,1-3H3,(H,14,15). The summed E-state index contributed by atoms with van der Waals surface area (Å²) >= 11 is 0. The lowest BCUT2D eigenvalue weighted by Gasteiger charge is -2.20. The second kappa shape index (κ2) is 7.66. The highest BCUT2D eigenvalue weighted by Gasteiger charge is 2.15. The van der Waals surface area contributed by atoms with Gasteiger partial charge in [-0.1, -0.05) is 6.07 Å². The summed E-state index contributed by atoms with van der Waals surface area (Å²) in [4.78, 5) is 18.2. The zero-order chi connectivity index (χ0) is 13.4. The first-order valence-electron chi connectivity index (χ1n) is 6.24. The van der Waals surface area contributed by atoms with Crippen molar-refractivity contribution in [1.29, 1.82) is 0 Å². The highest BCUT2D eigenvalue weighted by Crippen LogP contribution is 2.07. The van der Waals surface area contributed by atoms with E-state index in [9.17, 15) is 4.79 Å². The number of ether oxygens (including phenoxy) is 1. The van der Waals surface area contributed by atoms with Gasteiger partial charge in [-0.15, -0.1) is 0 Å². The van der Waals surface area contributed by atoms with Crippen molar-refractivity contribution < 1.29 is 9.53 Å². The van der Waals surface area contributed by atoms with E-state index < -0.39 is 0 Å². The number of hydrogen-bond donors (Lipinski definition) is 1. The lowest BCUT2D eigenvalue weighted by molar-refractivity contribution is 0.0664. The number of carbonyl (C=O) groups excluding carboxylic acids is 1. The molecular weight excluding hydrogens is 230 g/mol. The van der Waals surface area contributed by atoms with E-state index in [1.807, 2.05) is 26.0 Å². The highest BCUT2D eigenvalue weighted by atomic mass is 16.5. The zero-order valence-electron chi connectivity index (χ0n) is 11.3. The van der Waals surface area contributed by atoms with E-state index in [0.29, 0.717) is 37.8 Å². The van der Waals surface area contributed by atoms with Crippen LogP contribution in [0.4, 0.5) is 5.82 Å². The van der Waals surface area contributed by atoms with E-state index >= 15 is 0 Å². The average Bonchev–Trinajstić information content (AvgIpc) is 2.43.